The molecule has 0 aromatic carbocycles. The second-order valence-electron chi connectivity index (χ2n) is 2.42. The van der Waals surface area contributed by atoms with Crippen LogP contribution in [0.3, 0.4) is 0 Å². The number of nitrogens with one attached hydrogen (secondary N) is 2. The molecule has 5 nitrogen and oxygen atoms in total. The molecule has 0 aliphatic rings. The van der Waals surface area contributed by atoms with Gasteiger partial charge in [0.05, 0.1) is 6.33 Å². The minimum atomic E-state index is -0.202. The van der Waals surface area contributed by atoms with Gasteiger partial charge >= 0.3 is 0 Å². The van der Waals surface area contributed by atoms with Crippen LogP contribution in [0.1, 0.15) is 23.8 Å². The van der Waals surface area contributed by atoms with Crippen LogP contribution in [0.15, 0.2) is 6.33 Å². The first-order valence-corrected chi connectivity index (χ1v) is 3.82. The zero-order valence-corrected chi connectivity index (χ0v) is 6.92. The predicted octanol–water partition coefficient (Wildman–Crippen LogP) is 0.132. The number of hydrogen-bond acceptors (Lipinski definition) is 3. The van der Waals surface area contributed by atoms with E-state index in [9.17, 15) is 4.79 Å². The summed E-state index contributed by atoms with van der Waals surface area (Å²) >= 11 is 0. The van der Waals surface area contributed by atoms with Crippen LogP contribution in [-0.2, 0) is 0 Å². The van der Waals surface area contributed by atoms with E-state index < -0.39 is 0 Å². The Hall–Kier alpha value is -1.52. The Morgan fingerprint density at radius 2 is 2.58 bits per heavy atom. The van der Waals surface area contributed by atoms with Gasteiger partial charge in [-0.15, -0.1) is 0 Å². The van der Waals surface area contributed by atoms with Gasteiger partial charge in [-0.25, -0.2) is 4.98 Å². The molecule has 1 amide bonds. The number of hydrogen-bond donors (Lipinski definition) is 3. The number of carbonyl (C=O) groups excluding carboxylic acids is 1. The van der Waals surface area contributed by atoms with Crippen molar-refractivity contribution >= 4 is 11.7 Å². The monoisotopic (exact) mass is 168 g/mol. The molecule has 0 saturated heterocycles. The Morgan fingerprint density at radius 3 is 3.08 bits per heavy atom. The number of nitrogens with zero attached hydrogens (tertiary/aromatic N) is 1. The Kier molecular flexibility index (Phi) is 2.68. The summed E-state index contributed by atoms with van der Waals surface area (Å²) in [5.74, 6) is 0.0375. The lowest BCUT2D eigenvalue weighted by atomic mass is 10.4. The van der Waals surface area contributed by atoms with E-state index in [4.69, 9.17) is 5.73 Å². The summed E-state index contributed by atoms with van der Waals surface area (Å²) < 4.78 is 0. The summed E-state index contributed by atoms with van der Waals surface area (Å²) in [5.41, 5.74) is 5.75. The fourth-order valence-corrected chi connectivity index (χ4v) is 0.814. The second kappa shape index (κ2) is 3.75. The zero-order chi connectivity index (χ0) is 8.97. The molecule has 0 fully saturated rings. The molecule has 0 aliphatic heterocycles. The summed E-state index contributed by atoms with van der Waals surface area (Å²) in [7, 11) is 0. The van der Waals surface area contributed by atoms with E-state index in [0.717, 1.165) is 6.42 Å². The summed E-state index contributed by atoms with van der Waals surface area (Å²) in [6.07, 6.45) is 2.30. The van der Waals surface area contributed by atoms with Crippen molar-refractivity contribution in [1.29, 1.82) is 0 Å². The third-order valence-corrected chi connectivity index (χ3v) is 1.43. The molecule has 5 heteroatoms. The number of amides is 1. The van der Waals surface area contributed by atoms with Gasteiger partial charge < -0.3 is 16.0 Å². The molecule has 0 unspecified atom stereocenters. The van der Waals surface area contributed by atoms with Crippen LogP contribution in [0.4, 0.5) is 5.82 Å². The third-order valence-electron chi connectivity index (χ3n) is 1.43. The van der Waals surface area contributed by atoms with Crippen molar-refractivity contribution in [2.24, 2.45) is 0 Å². The molecular weight excluding hydrogens is 156 g/mol. The smallest absolute Gasteiger partial charge is 0.271 e. The van der Waals surface area contributed by atoms with Crippen LogP contribution in [0.25, 0.3) is 0 Å². The van der Waals surface area contributed by atoms with E-state index in [2.05, 4.69) is 15.3 Å². The maximum atomic E-state index is 11.2. The van der Waals surface area contributed by atoms with Crippen molar-refractivity contribution in [3.05, 3.63) is 12.0 Å². The van der Waals surface area contributed by atoms with E-state index in [-0.39, 0.29) is 11.7 Å². The first-order chi connectivity index (χ1) is 5.75. The molecule has 1 aromatic heterocycles. The maximum Gasteiger partial charge on any atom is 0.271 e. The molecule has 12 heavy (non-hydrogen) atoms. The standard InChI is InChI=1S/C7H12N4O/c1-2-3-9-7(12)5-6(8)11-4-10-5/h4H,2-3,8H2,1H3,(H,9,12)(H,10,11). The Bertz CT molecular complexity index is 268. The summed E-state index contributed by atoms with van der Waals surface area (Å²) in [5, 5.41) is 2.69. The van der Waals surface area contributed by atoms with Crippen LogP contribution in [0, 0.1) is 0 Å². The maximum absolute atomic E-state index is 11.2. The number of nitrogens with two attached hydrogens (primary N) is 1. The van der Waals surface area contributed by atoms with Gasteiger partial charge in [0, 0.05) is 6.54 Å². The van der Waals surface area contributed by atoms with E-state index in [0.29, 0.717) is 12.2 Å². The number of carbonyl (C=O) groups is 1. The van der Waals surface area contributed by atoms with Crippen molar-refractivity contribution in [2.45, 2.75) is 13.3 Å². The van der Waals surface area contributed by atoms with Gasteiger partial charge in [0.15, 0.2) is 5.82 Å². The van der Waals surface area contributed by atoms with Crippen molar-refractivity contribution < 1.29 is 4.79 Å². The molecule has 0 saturated carbocycles. The minimum absolute atomic E-state index is 0.202. The topological polar surface area (TPSA) is 83.8 Å². The first kappa shape index (κ1) is 8.58. The summed E-state index contributed by atoms with van der Waals surface area (Å²) in [6.45, 7) is 2.63. The Balaban J connectivity index is 2.59. The minimum Gasteiger partial charge on any atom is -0.382 e. The van der Waals surface area contributed by atoms with Crippen molar-refractivity contribution in [3.63, 3.8) is 0 Å². The van der Waals surface area contributed by atoms with Crippen molar-refractivity contribution in [2.75, 3.05) is 12.3 Å². The van der Waals surface area contributed by atoms with Gasteiger partial charge in [-0.05, 0) is 6.42 Å². The molecular formula is C7H12N4O. The summed E-state index contributed by atoms with van der Waals surface area (Å²) in [6, 6.07) is 0. The highest BCUT2D eigenvalue weighted by Crippen LogP contribution is 2.02. The molecule has 0 spiro atoms. The van der Waals surface area contributed by atoms with Gasteiger partial charge in [-0.3, -0.25) is 4.79 Å². The lowest BCUT2D eigenvalue weighted by molar-refractivity contribution is 0.0950. The number of anilines is 1. The highest BCUT2D eigenvalue weighted by molar-refractivity contribution is 5.96. The van der Waals surface area contributed by atoms with Crippen LogP contribution in [0.5, 0.6) is 0 Å². The number of rotatable bonds is 3. The fourth-order valence-electron chi connectivity index (χ4n) is 0.814. The van der Waals surface area contributed by atoms with Crippen LogP contribution in [-0.4, -0.2) is 22.4 Å². The highest BCUT2D eigenvalue weighted by Gasteiger charge is 2.09. The molecule has 1 heterocycles. The van der Waals surface area contributed by atoms with Crippen LogP contribution >= 0.6 is 0 Å². The number of H-pyrrole nitrogens is 1. The van der Waals surface area contributed by atoms with Crippen LogP contribution in [0.2, 0.25) is 0 Å². The quantitative estimate of drug-likeness (QED) is 0.599. The molecule has 1 rings (SSSR count). The SMILES string of the molecule is CCCNC(=O)c1[nH]cnc1N. The van der Waals surface area contributed by atoms with Crippen molar-refractivity contribution in [3.8, 4) is 0 Å². The number of nitrogen functional groups attached to an aromatic ring is 1. The van der Waals surface area contributed by atoms with Gasteiger partial charge in [0.25, 0.3) is 5.91 Å². The first-order valence-electron chi connectivity index (χ1n) is 3.82. The van der Waals surface area contributed by atoms with E-state index in [1.165, 1.54) is 6.33 Å². The molecule has 0 bridgehead atoms. The van der Waals surface area contributed by atoms with Gasteiger partial charge in [0.2, 0.25) is 0 Å². The van der Waals surface area contributed by atoms with Crippen molar-refractivity contribution in [1.82, 2.24) is 15.3 Å². The molecule has 0 atom stereocenters. The molecule has 0 radical (unpaired) electrons. The highest BCUT2D eigenvalue weighted by atomic mass is 16.1. The fraction of sp³-hybridized carbons (Fsp3) is 0.429. The molecule has 0 aliphatic carbocycles. The number of aromatic nitrogens is 2. The lowest BCUT2D eigenvalue weighted by Gasteiger charge is -2.00. The van der Waals surface area contributed by atoms with Gasteiger partial charge in [-0.1, -0.05) is 6.92 Å². The van der Waals surface area contributed by atoms with E-state index >= 15 is 0 Å². The average Bonchev–Trinajstić information content (AvgIpc) is 2.47. The van der Waals surface area contributed by atoms with E-state index in [1.54, 1.807) is 0 Å². The van der Waals surface area contributed by atoms with E-state index in [1.807, 2.05) is 6.92 Å². The normalized spacial score (nSPS) is 9.75. The largest absolute Gasteiger partial charge is 0.382 e. The number of aromatic amines is 1. The zero-order valence-electron chi connectivity index (χ0n) is 6.92. The predicted molar refractivity (Wildman–Crippen MR) is 45.6 cm³/mol. The summed E-state index contributed by atoms with van der Waals surface area (Å²) in [4.78, 5) is 17.6. The number of imidazole rings is 1. The lowest BCUT2D eigenvalue weighted by Crippen LogP contribution is -2.25. The second-order valence-corrected chi connectivity index (χ2v) is 2.42. The molecule has 1 aromatic rings. The average molecular weight is 168 g/mol. The van der Waals surface area contributed by atoms with Crippen LogP contribution < -0.4 is 11.1 Å². The molecule has 4 N–H and O–H groups in total. The third kappa shape index (κ3) is 1.75. The molecule has 66 valence electrons. The Labute approximate surface area is 70.4 Å². The van der Waals surface area contributed by atoms with Gasteiger partial charge in [-0.2, -0.15) is 0 Å². The van der Waals surface area contributed by atoms with Gasteiger partial charge in [0.1, 0.15) is 5.69 Å². The Morgan fingerprint density at radius 1 is 1.83 bits per heavy atom.